The van der Waals surface area contributed by atoms with Crippen molar-refractivity contribution in [1.82, 2.24) is 5.32 Å². The van der Waals surface area contributed by atoms with Crippen LogP contribution >= 0.6 is 0 Å². The molecule has 0 spiro atoms. The fourth-order valence-electron chi connectivity index (χ4n) is 2.25. The highest BCUT2D eigenvalue weighted by Gasteiger charge is 2.40. The van der Waals surface area contributed by atoms with Crippen molar-refractivity contribution in [2.75, 3.05) is 0 Å². The molecule has 2 rings (SSSR count). The molecule has 0 aromatic carbocycles. The van der Waals surface area contributed by atoms with E-state index in [0.29, 0.717) is 18.3 Å². The summed E-state index contributed by atoms with van der Waals surface area (Å²) >= 11 is 0. The first-order valence-electron chi connectivity index (χ1n) is 4.16. The minimum atomic E-state index is 0.205. The molecule has 2 nitrogen and oxygen atoms in total. The molecule has 11 heavy (non-hydrogen) atoms. The summed E-state index contributed by atoms with van der Waals surface area (Å²) in [5, 5.41) is 2.95. The van der Waals surface area contributed by atoms with Gasteiger partial charge in [0.05, 0.1) is 6.04 Å². The number of rotatable bonds is 0. The van der Waals surface area contributed by atoms with Crippen molar-refractivity contribution in [3.8, 4) is 0 Å². The first kappa shape index (κ1) is 6.89. The van der Waals surface area contributed by atoms with Crippen molar-refractivity contribution in [2.24, 2.45) is 11.8 Å². The van der Waals surface area contributed by atoms with Gasteiger partial charge in [0.15, 0.2) is 0 Å². The molecule has 2 fully saturated rings. The van der Waals surface area contributed by atoms with E-state index in [9.17, 15) is 4.79 Å². The molecular formula is C9H13NO. The molecule has 1 amide bonds. The molecule has 2 aliphatic rings. The third-order valence-electron chi connectivity index (χ3n) is 2.96. The monoisotopic (exact) mass is 151 g/mol. The second-order valence-corrected chi connectivity index (χ2v) is 3.72. The summed E-state index contributed by atoms with van der Waals surface area (Å²) in [6, 6.07) is 0.288. The highest BCUT2D eigenvalue weighted by Crippen LogP contribution is 2.40. The second kappa shape index (κ2) is 2.10. The third-order valence-corrected chi connectivity index (χ3v) is 2.96. The average molecular weight is 151 g/mol. The van der Waals surface area contributed by atoms with Crippen LogP contribution in [-0.4, -0.2) is 11.9 Å². The molecule has 2 bridgehead atoms. The fourth-order valence-corrected chi connectivity index (χ4v) is 2.25. The smallest absolute Gasteiger partial charge is 0.221 e. The number of piperidine rings is 1. The van der Waals surface area contributed by atoms with Gasteiger partial charge in [-0.15, -0.1) is 0 Å². The lowest BCUT2D eigenvalue weighted by Crippen LogP contribution is -2.38. The Hall–Kier alpha value is -0.790. The van der Waals surface area contributed by atoms with Crippen LogP contribution in [0.15, 0.2) is 12.2 Å². The largest absolute Gasteiger partial charge is 0.350 e. The van der Waals surface area contributed by atoms with E-state index in [0.717, 1.165) is 6.42 Å². The van der Waals surface area contributed by atoms with E-state index in [4.69, 9.17) is 0 Å². The van der Waals surface area contributed by atoms with Crippen LogP contribution in [0.3, 0.4) is 0 Å². The standard InChI is InChI=1S/C9H13NO/c1-5-3-8-6(2)7(5)4-9(11)10-8/h5,7-8H,2-4H2,1H3,(H,10,11)/t5-,7?,8?/m1/s1. The molecule has 1 aliphatic carbocycles. The summed E-state index contributed by atoms with van der Waals surface area (Å²) in [4.78, 5) is 11.1. The molecule has 60 valence electrons. The Morgan fingerprint density at radius 1 is 1.64 bits per heavy atom. The van der Waals surface area contributed by atoms with Gasteiger partial charge in [-0.25, -0.2) is 0 Å². The van der Waals surface area contributed by atoms with E-state index < -0.39 is 0 Å². The van der Waals surface area contributed by atoms with Crippen LogP contribution in [0.2, 0.25) is 0 Å². The van der Waals surface area contributed by atoms with Crippen molar-refractivity contribution in [3.05, 3.63) is 12.2 Å². The average Bonchev–Trinajstić information content (AvgIpc) is 2.17. The van der Waals surface area contributed by atoms with Gasteiger partial charge in [-0.1, -0.05) is 19.1 Å². The number of amides is 1. The van der Waals surface area contributed by atoms with Crippen molar-refractivity contribution < 1.29 is 4.79 Å². The first-order chi connectivity index (χ1) is 5.18. The molecule has 1 heterocycles. The van der Waals surface area contributed by atoms with Crippen LogP contribution in [-0.2, 0) is 4.79 Å². The van der Waals surface area contributed by atoms with Crippen LogP contribution in [0, 0.1) is 11.8 Å². The van der Waals surface area contributed by atoms with Gasteiger partial charge in [0, 0.05) is 6.42 Å². The van der Waals surface area contributed by atoms with Gasteiger partial charge in [0.1, 0.15) is 0 Å². The Balaban J connectivity index is 2.26. The van der Waals surface area contributed by atoms with Crippen molar-refractivity contribution >= 4 is 5.91 Å². The van der Waals surface area contributed by atoms with Gasteiger partial charge >= 0.3 is 0 Å². The lowest BCUT2D eigenvalue weighted by atomic mass is 9.90. The van der Waals surface area contributed by atoms with Crippen molar-refractivity contribution in [3.63, 3.8) is 0 Å². The van der Waals surface area contributed by atoms with Gasteiger partial charge < -0.3 is 5.32 Å². The zero-order valence-electron chi connectivity index (χ0n) is 6.76. The minimum Gasteiger partial charge on any atom is -0.350 e. The van der Waals surface area contributed by atoms with Crippen LogP contribution in [0.1, 0.15) is 19.8 Å². The third kappa shape index (κ3) is 0.889. The van der Waals surface area contributed by atoms with Gasteiger partial charge in [0.25, 0.3) is 0 Å². The van der Waals surface area contributed by atoms with Crippen molar-refractivity contribution in [2.45, 2.75) is 25.8 Å². The van der Waals surface area contributed by atoms with Gasteiger partial charge in [0.2, 0.25) is 5.91 Å². The van der Waals surface area contributed by atoms with Crippen LogP contribution in [0.25, 0.3) is 0 Å². The van der Waals surface area contributed by atoms with E-state index in [1.54, 1.807) is 0 Å². The zero-order chi connectivity index (χ0) is 8.01. The normalized spacial score (nSPS) is 42.5. The Labute approximate surface area is 66.7 Å². The molecule has 1 saturated carbocycles. The Kier molecular flexibility index (Phi) is 1.31. The van der Waals surface area contributed by atoms with E-state index in [1.165, 1.54) is 5.57 Å². The number of carbonyl (C=O) groups excluding carboxylic acids is 1. The van der Waals surface area contributed by atoms with Gasteiger partial charge in [-0.2, -0.15) is 0 Å². The van der Waals surface area contributed by atoms with Crippen molar-refractivity contribution in [1.29, 1.82) is 0 Å². The topological polar surface area (TPSA) is 29.1 Å². The maximum atomic E-state index is 11.1. The summed E-state index contributed by atoms with van der Waals surface area (Å²) in [6.45, 7) is 6.21. The molecule has 2 heteroatoms. The summed E-state index contributed by atoms with van der Waals surface area (Å²) in [5.74, 6) is 1.32. The number of carbonyl (C=O) groups is 1. The van der Waals surface area contributed by atoms with Gasteiger partial charge in [-0.3, -0.25) is 4.79 Å². The summed E-state index contributed by atoms with van der Waals surface area (Å²) in [6.07, 6.45) is 1.76. The van der Waals surface area contributed by atoms with E-state index in [1.807, 2.05) is 0 Å². The highest BCUT2D eigenvalue weighted by molar-refractivity contribution is 5.79. The summed E-state index contributed by atoms with van der Waals surface area (Å²) in [5.41, 5.74) is 1.25. The predicted molar refractivity (Wildman–Crippen MR) is 43.0 cm³/mol. The Morgan fingerprint density at radius 2 is 2.36 bits per heavy atom. The SMILES string of the molecule is C=C1C2C[C@@H](C)C1CC(=O)N2. The number of hydrogen-bond acceptors (Lipinski definition) is 1. The molecule has 1 aliphatic heterocycles. The molecule has 0 aromatic heterocycles. The molecule has 0 aromatic rings. The summed E-state index contributed by atoms with van der Waals surface area (Å²) < 4.78 is 0. The molecule has 1 N–H and O–H groups in total. The van der Waals surface area contributed by atoms with E-state index in [-0.39, 0.29) is 11.9 Å². The number of hydrogen-bond donors (Lipinski definition) is 1. The molecular weight excluding hydrogens is 138 g/mol. The predicted octanol–water partition coefficient (Wildman–Crippen LogP) is 1.09. The molecule has 2 unspecified atom stereocenters. The van der Waals surface area contributed by atoms with E-state index in [2.05, 4.69) is 18.8 Å². The summed E-state index contributed by atoms with van der Waals surface area (Å²) in [7, 11) is 0. The lowest BCUT2D eigenvalue weighted by Gasteiger charge is -2.23. The first-order valence-corrected chi connectivity index (χ1v) is 4.16. The number of fused-ring (bicyclic) bond motifs is 2. The Bertz CT molecular complexity index is 222. The Morgan fingerprint density at radius 3 is 3.00 bits per heavy atom. The molecule has 0 radical (unpaired) electrons. The quantitative estimate of drug-likeness (QED) is 0.516. The number of nitrogens with one attached hydrogen (secondary N) is 1. The van der Waals surface area contributed by atoms with Crippen LogP contribution in [0.4, 0.5) is 0 Å². The fraction of sp³-hybridized carbons (Fsp3) is 0.667. The zero-order valence-corrected chi connectivity index (χ0v) is 6.76. The maximum absolute atomic E-state index is 11.1. The molecule has 1 saturated heterocycles. The second-order valence-electron chi connectivity index (χ2n) is 3.72. The van der Waals surface area contributed by atoms with Crippen LogP contribution < -0.4 is 5.32 Å². The van der Waals surface area contributed by atoms with Crippen LogP contribution in [0.5, 0.6) is 0 Å². The molecule has 3 atom stereocenters. The highest BCUT2D eigenvalue weighted by atomic mass is 16.1. The van der Waals surface area contributed by atoms with E-state index >= 15 is 0 Å². The maximum Gasteiger partial charge on any atom is 0.221 e. The van der Waals surface area contributed by atoms with Gasteiger partial charge in [-0.05, 0) is 18.3 Å². The minimum absolute atomic E-state index is 0.205. The lowest BCUT2D eigenvalue weighted by molar-refractivity contribution is -0.122.